The molecule has 3 heteroatoms. The molecule has 0 aliphatic heterocycles. The molecule has 0 aliphatic rings. The second-order valence-electron chi connectivity index (χ2n) is 9.37. The van der Waals surface area contributed by atoms with Gasteiger partial charge in [-0.1, -0.05) is 70.9 Å². The number of rotatable bonds is 11. The molecule has 2 rings (SSSR count). The molecule has 2 aromatic rings. The number of phenols is 1. The maximum absolute atomic E-state index is 12.8. The van der Waals surface area contributed by atoms with Crippen molar-refractivity contribution >= 4 is 11.9 Å². The van der Waals surface area contributed by atoms with Crippen LogP contribution >= 0.6 is 0 Å². The summed E-state index contributed by atoms with van der Waals surface area (Å²) in [5, 5.41) is 20.2. The predicted octanol–water partition coefficient (Wildman–Crippen LogP) is 8.43. The molecule has 0 radical (unpaired) electrons. The van der Waals surface area contributed by atoms with E-state index in [9.17, 15) is 15.2 Å². The predicted molar refractivity (Wildman–Crippen MR) is 146 cm³/mol. The molecule has 1 N–H and O–H groups in total. The van der Waals surface area contributed by atoms with Gasteiger partial charge in [-0.25, -0.2) is 0 Å². The van der Waals surface area contributed by atoms with Crippen molar-refractivity contribution in [3.63, 3.8) is 0 Å². The highest BCUT2D eigenvalue weighted by Crippen LogP contribution is 2.26. The van der Waals surface area contributed by atoms with E-state index in [1.54, 1.807) is 6.08 Å². The summed E-state index contributed by atoms with van der Waals surface area (Å²) in [5.74, 6) is -0.211. The van der Waals surface area contributed by atoms with Crippen molar-refractivity contribution < 1.29 is 9.90 Å². The third-order valence-corrected chi connectivity index (χ3v) is 5.95. The van der Waals surface area contributed by atoms with Crippen LogP contribution in [0.4, 0.5) is 0 Å². The lowest BCUT2D eigenvalue weighted by Gasteiger charge is -2.09. The Morgan fingerprint density at radius 1 is 0.914 bits per heavy atom. The van der Waals surface area contributed by atoms with Gasteiger partial charge in [0.2, 0.25) is 0 Å². The van der Waals surface area contributed by atoms with Gasteiger partial charge in [-0.15, -0.1) is 0 Å². The second kappa shape index (κ2) is 13.9. The molecule has 0 amide bonds. The Balaban J connectivity index is 2.09. The van der Waals surface area contributed by atoms with Crippen LogP contribution in [0, 0.1) is 18.3 Å². The number of benzene rings is 2. The Labute approximate surface area is 210 Å². The van der Waals surface area contributed by atoms with E-state index in [2.05, 4.69) is 45.9 Å². The van der Waals surface area contributed by atoms with Crippen LogP contribution in [0.2, 0.25) is 0 Å². The lowest BCUT2D eigenvalue weighted by Crippen LogP contribution is -2.02. The molecule has 0 aromatic heterocycles. The van der Waals surface area contributed by atoms with Crippen molar-refractivity contribution in [3.05, 3.63) is 105 Å². The first-order chi connectivity index (χ1) is 16.7. The lowest BCUT2D eigenvalue weighted by atomic mass is 9.94. The lowest BCUT2D eigenvalue weighted by molar-refractivity contribution is 0.104. The third-order valence-electron chi connectivity index (χ3n) is 5.95. The molecule has 2 aromatic carbocycles. The molecule has 0 atom stereocenters. The Morgan fingerprint density at radius 2 is 1.54 bits per heavy atom. The first-order valence-corrected chi connectivity index (χ1v) is 12.2. The van der Waals surface area contributed by atoms with E-state index in [0.717, 1.165) is 36.8 Å². The Bertz CT molecular complexity index is 1180. The minimum atomic E-state index is -0.252. The Kier molecular flexibility index (Phi) is 11.0. The zero-order chi connectivity index (χ0) is 25.8. The van der Waals surface area contributed by atoms with Crippen molar-refractivity contribution in [2.24, 2.45) is 0 Å². The molecule has 3 nitrogen and oxygen atoms in total. The second-order valence-corrected chi connectivity index (χ2v) is 9.37. The first-order valence-electron chi connectivity index (χ1n) is 12.2. The first kappa shape index (κ1) is 27.6. The van der Waals surface area contributed by atoms with Crippen LogP contribution in [-0.2, 0) is 6.42 Å². The molecule has 0 bridgehead atoms. The van der Waals surface area contributed by atoms with Gasteiger partial charge in [0, 0.05) is 11.1 Å². The SMILES string of the molecule is CC(C)=CCC/C(C)=C/CC/C(C)=C/Cc1c(O)ccc(C(=O)/C=C/c2ccc(C)cc2)c1C#N. The van der Waals surface area contributed by atoms with Gasteiger partial charge in [0.05, 0.1) is 5.56 Å². The topological polar surface area (TPSA) is 61.1 Å². The number of aryl methyl sites for hydroxylation is 1. The molecule has 0 unspecified atom stereocenters. The summed E-state index contributed by atoms with van der Waals surface area (Å²) in [6, 6.07) is 13.0. The molecular formula is C32H37NO2. The van der Waals surface area contributed by atoms with Crippen molar-refractivity contribution in [1.82, 2.24) is 0 Å². The highest BCUT2D eigenvalue weighted by Gasteiger charge is 2.16. The normalized spacial score (nSPS) is 12.0. The molecular weight excluding hydrogens is 430 g/mol. The fourth-order valence-corrected chi connectivity index (χ4v) is 3.73. The summed E-state index contributed by atoms with van der Waals surface area (Å²) in [6.45, 7) is 10.5. The number of aromatic hydroxyl groups is 1. The van der Waals surface area contributed by atoms with Gasteiger partial charge in [0.25, 0.3) is 0 Å². The van der Waals surface area contributed by atoms with Gasteiger partial charge in [-0.3, -0.25) is 4.79 Å². The third kappa shape index (κ3) is 9.26. The average Bonchev–Trinajstić information content (AvgIpc) is 2.82. The van der Waals surface area contributed by atoms with Crippen molar-refractivity contribution in [3.8, 4) is 11.8 Å². The number of allylic oxidation sites excluding steroid dienone is 7. The van der Waals surface area contributed by atoms with Crippen LogP contribution in [0.5, 0.6) is 5.75 Å². The number of nitriles is 1. The highest BCUT2D eigenvalue weighted by molar-refractivity contribution is 6.08. The maximum Gasteiger partial charge on any atom is 0.187 e. The van der Waals surface area contributed by atoms with Crippen molar-refractivity contribution in [1.29, 1.82) is 5.26 Å². The van der Waals surface area contributed by atoms with E-state index in [1.165, 1.54) is 34.9 Å². The number of nitrogens with zero attached hydrogens (tertiary/aromatic N) is 1. The van der Waals surface area contributed by atoms with Crippen LogP contribution in [0.25, 0.3) is 6.08 Å². The summed E-state index contributed by atoms with van der Waals surface area (Å²) in [5.41, 5.74) is 7.05. The molecule has 0 aliphatic carbocycles. The summed E-state index contributed by atoms with van der Waals surface area (Å²) < 4.78 is 0. The molecule has 0 saturated heterocycles. The zero-order valence-corrected chi connectivity index (χ0v) is 21.7. The molecule has 0 heterocycles. The Morgan fingerprint density at radius 3 is 2.17 bits per heavy atom. The van der Waals surface area contributed by atoms with E-state index >= 15 is 0 Å². The van der Waals surface area contributed by atoms with Gasteiger partial charge in [0.15, 0.2) is 5.78 Å². The fourth-order valence-electron chi connectivity index (χ4n) is 3.73. The summed E-state index contributed by atoms with van der Waals surface area (Å²) in [7, 11) is 0. The maximum atomic E-state index is 12.8. The quantitative estimate of drug-likeness (QED) is 0.205. The zero-order valence-electron chi connectivity index (χ0n) is 21.7. The summed E-state index contributed by atoms with van der Waals surface area (Å²) in [6.07, 6.45) is 14.3. The fraction of sp³-hybridized carbons (Fsp3) is 0.312. The number of carbonyl (C=O) groups excluding carboxylic acids is 1. The number of carbonyl (C=O) groups is 1. The number of ketones is 1. The average molecular weight is 468 g/mol. The summed E-state index contributed by atoms with van der Waals surface area (Å²) in [4.78, 5) is 12.8. The van der Waals surface area contributed by atoms with Gasteiger partial charge in [0.1, 0.15) is 11.8 Å². The molecule has 0 fully saturated rings. The number of phenolic OH excluding ortho intramolecular Hbond substituents is 1. The highest BCUT2D eigenvalue weighted by atomic mass is 16.3. The van der Waals surface area contributed by atoms with E-state index in [1.807, 2.05) is 37.3 Å². The molecule has 35 heavy (non-hydrogen) atoms. The standard InChI is InChI=1S/C32H37NO2/c1-23(2)8-6-9-24(3)10-7-11-25(4)14-18-28-30(22-33)29(19-21-32(28)35)31(34)20-17-27-15-12-26(5)13-16-27/h8,10,12-17,19-21,35H,6-7,9,11,18H2,1-5H3/b20-17+,24-10+,25-14+. The van der Waals surface area contributed by atoms with Crippen LogP contribution in [0.1, 0.15) is 86.0 Å². The van der Waals surface area contributed by atoms with Crippen molar-refractivity contribution in [2.45, 2.75) is 66.7 Å². The van der Waals surface area contributed by atoms with Crippen LogP contribution < -0.4 is 0 Å². The van der Waals surface area contributed by atoms with E-state index < -0.39 is 0 Å². The van der Waals surface area contributed by atoms with E-state index in [-0.39, 0.29) is 17.1 Å². The van der Waals surface area contributed by atoms with Crippen LogP contribution in [0.15, 0.2) is 77.4 Å². The van der Waals surface area contributed by atoms with Gasteiger partial charge >= 0.3 is 0 Å². The largest absolute Gasteiger partial charge is 0.508 e. The smallest absolute Gasteiger partial charge is 0.187 e. The van der Waals surface area contributed by atoms with Crippen molar-refractivity contribution in [2.75, 3.05) is 0 Å². The molecule has 0 spiro atoms. The molecule has 182 valence electrons. The minimum absolute atomic E-state index is 0.0414. The molecule has 0 saturated carbocycles. The number of hydrogen-bond acceptors (Lipinski definition) is 3. The Hall–Kier alpha value is -3.64. The minimum Gasteiger partial charge on any atom is -0.508 e. The van der Waals surface area contributed by atoms with Crippen LogP contribution in [-0.4, -0.2) is 10.9 Å². The van der Waals surface area contributed by atoms with Crippen LogP contribution in [0.3, 0.4) is 0 Å². The van der Waals surface area contributed by atoms with Gasteiger partial charge < -0.3 is 5.11 Å². The van der Waals surface area contributed by atoms with E-state index in [4.69, 9.17) is 0 Å². The van der Waals surface area contributed by atoms with E-state index in [0.29, 0.717) is 17.5 Å². The monoisotopic (exact) mass is 467 g/mol. The van der Waals surface area contributed by atoms with Gasteiger partial charge in [-0.2, -0.15) is 5.26 Å². The number of hydrogen-bond donors (Lipinski definition) is 1. The van der Waals surface area contributed by atoms with Gasteiger partial charge in [-0.05, 0) is 90.5 Å². The summed E-state index contributed by atoms with van der Waals surface area (Å²) >= 11 is 0.